The van der Waals surface area contributed by atoms with Crippen LogP contribution in [0.3, 0.4) is 0 Å². The minimum atomic E-state index is 0.380. The highest BCUT2D eigenvalue weighted by atomic mass is 14.3. The molecule has 1 unspecified atom stereocenters. The lowest BCUT2D eigenvalue weighted by Gasteiger charge is -2.28. The van der Waals surface area contributed by atoms with E-state index in [1.165, 1.54) is 121 Å². The summed E-state index contributed by atoms with van der Waals surface area (Å²) in [6.45, 7) is 2.40. The van der Waals surface area contributed by atoms with Gasteiger partial charge >= 0.3 is 0 Å². The number of fused-ring (bicyclic) bond motifs is 5. The van der Waals surface area contributed by atoms with Crippen LogP contribution in [0.25, 0.3) is 116 Å². The van der Waals surface area contributed by atoms with Crippen LogP contribution >= 0.6 is 0 Å². The quantitative estimate of drug-likeness (QED) is 0.147. The molecule has 296 valence electrons. The second-order valence-electron chi connectivity index (χ2n) is 17.1. The summed E-state index contributed by atoms with van der Waals surface area (Å²) < 4.78 is 0. The summed E-state index contributed by atoms with van der Waals surface area (Å²) in [5.74, 6) is 0.380. The minimum Gasteiger partial charge on any atom is -0.0833 e. The van der Waals surface area contributed by atoms with E-state index in [2.05, 4.69) is 237 Å². The molecule has 0 saturated heterocycles. The first-order valence-electron chi connectivity index (χ1n) is 22.2. The highest BCUT2D eigenvalue weighted by Gasteiger charge is 2.26. The van der Waals surface area contributed by atoms with Crippen molar-refractivity contribution in [1.29, 1.82) is 0 Å². The summed E-state index contributed by atoms with van der Waals surface area (Å²) in [5.41, 5.74) is 17.9. The third-order valence-electron chi connectivity index (χ3n) is 13.5. The summed E-state index contributed by atoms with van der Waals surface area (Å²) in [4.78, 5) is 0. The Bertz CT molecular complexity index is 3520. The van der Waals surface area contributed by atoms with Crippen molar-refractivity contribution in [2.75, 3.05) is 0 Å². The Labute approximate surface area is 369 Å². The van der Waals surface area contributed by atoms with Crippen molar-refractivity contribution < 1.29 is 0 Å². The van der Waals surface area contributed by atoms with Gasteiger partial charge in [0.05, 0.1) is 0 Å². The first kappa shape index (κ1) is 37.0. The van der Waals surface area contributed by atoms with Gasteiger partial charge in [0.2, 0.25) is 0 Å². The fourth-order valence-electron chi connectivity index (χ4n) is 10.6. The van der Waals surface area contributed by atoms with E-state index < -0.39 is 0 Å². The van der Waals surface area contributed by atoms with Crippen LogP contribution in [0.5, 0.6) is 0 Å². The number of hydrogen-bond donors (Lipinski definition) is 0. The van der Waals surface area contributed by atoms with Crippen molar-refractivity contribution in [2.24, 2.45) is 0 Å². The second-order valence-corrected chi connectivity index (χ2v) is 17.1. The third kappa shape index (κ3) is 6.21. The summed E-state index contributed by atoms with van der Waals surface area (Å²) >= 11 is 0. The topological polar surface area (TPSA) is 0 Å². The van der Waals surface area contributed by atoms with Gasteiger partial charge in [-0.05, 0) is 145 Å². The standard InChI is InChI=1S/C63H44/c1-41-17-16-30-57-59(41)62(44-21-6-3-7-22-44)58-40-48(42-18-4-2-5-19-42)37-38-56(58)61(57)46-34-32-45(33-35-46)60-52-26-12-14-28-54(52)63(55-29-15-13-27-53(55)60)51-25-11-10-24-50(51)49-36-31-43-20-8-9-23-47(43)39-49/h2-16,18-41H,17H2,1H3. The molecule has 0 heterocycles. The molecule has 12 rings (SSSR count). The molecule has 0 amide bonds. The van der Waals surface area contributed by atoms with Gasteiger partial charge in [0, 0.05) is 0 Å². The highest BCUT2D eigenvalue weighted by molar-refractivity contribution is 6.22. The fourth-order valence-corrected chi connectivity index (χ4v) is 10.6. The molecule has 0 nitrogen and oxygen atoms in total. The van der Waals surface area contributed by atoms with Crippen molar-refractivity contribution in [3.05, 3.63) is 236 Å². The Morgan fingerprint density at radius 1 is 0.317 bits per heavy atom. The van der Waals surface area contributed by atoms with Gasteiger partial charge in [0.25, 0.3) is 0 Å². The maximum absolute atomic E-state index is 2.44. The Hall–Kier alpha value is -7.80. The lowest BCUT2D eigenvalue weighted by atomic mass is 9.76. The zero-order chi connectivity index (χ0) is 41.9. The molecular weight excluding hydrogens is 757 g/mol. The number of benzene rings is 11. The summed E-state index contributed by atoms with van der Waals surface area (Å²) in [5, 5.41) is 10.1. The van der Waals surface area contributed by atoms with Crippen molar-refractivity contribution in [2.45, 2.75) is 19.3 Å². The van der Waals surface area contributed by atoms with E-state index >= 15 is 0 Å². The zero-order valence-electron chi connectivity index (χ0n) is 35.2. The normalized spacial score (nSPS) is 13.5. The fraction of sp³-hybridized carbons (Fsp3) is 0.0476. The molecular formula is C63H44. The summed E-state index contributed by atoms with van der Waals surface area (Å²) in [7, 11) is 0. The van der Waals surface area contributed by atoms with Gasteiger partial charge in [-0.3, -0.25) is 0 Å². The molecule has 11 aromatic carbocycles. The summed E-state index contributed by atoms with van der Waals surface area (Å²) in [6.07, 6.45) is 5.80. The van der Waals surface area contributed by atoms with E-state index in [0.29, 0.717) is 5.92 Å². The molecule has 0 spiro atoms. The Balaban J connectivity index is 1.06. The van der Waals surface area contributed by atoms with Crippen molar-refractivity contribution >= 4 is 49.2 Å². The predicted octanol–water partition coefficient (Wildman–Crippen LogP) is 17.8. The minimum absolute atomic E-state index is 0.380. The molecule has 0 fully saturated rings. The maximum Gasteiger partial charge on any atom is -0.00201 e. The Kier molecular flexibility index (Phi) is 8.97. The number of allylic oxidation sites excluding steroid dienone is 1. The van der Waals surface area contributed by atoms with Crippen LogP contribution in [0, 0.1) is 0 Å². The third-order valence-corrected chi connectivity index (χ3v) is 13.5. The van der Waals surface area contributed by atoms with Crippen molar-refractivity contribution in [3.8, 4) is 66.8 Å². The van der Waals surface area contributed by atoms with Gasteiger partial charge in [-0.2, -0.15) is 0 Å². The van der Waals surface area contributed by atoms with Crippen LogP contribution in [-0.4, -0.2) is 0 Å². The van der Waals surface area contributed by atoms with Gasteiger partial charge in [-0.1, -0.05) is 225 Å². The van der Waals surface area contributed by atoms with E-state index in [0.717, 1.165) is 6.42 Å². The lowest BCUT2D eigenvalue weighted by Crippen LogP contribution is -2.06. The van der Waals surface area contributed by atoms with Gasteiger partial charge in [0.1, 0.15) is 0 Å². The number of rotatable bonds is 6. The zero-order valence-corrected chi connectivity index (χ0v) is 35.2. The molecule has 0 saturated carbocycles. The first-order chi connectivity index (χ1) is 31.2. The molecule has 0 bridgehead atoms. The second kappa shape index (κ2) is 15.3. The number of hydrogen-bond acceptors (Lipinski definition) is 0. The predicted molar refractivity (Wildman–Crippen MR) is 271 cm³/mol. The van der Waals surface area contributed by atoms with Crippen LogP contribution in [0.15, 0.2) is 224 Å². The van der Waals surface area contributed by atoms with Gasteiger partial charge in [-0.25, -0.2) is 0 Å². The average molecular weight is 801 g/mol. The molecule has 0 aliphatic heterocycles. The molecule has 0 heteroatoms. The lowest BCUT2D eigenvalue weighted by molar-refractivity contribution is 0.775. The van der Waals surface area contributed by atoms with Crippen molar-refractivity contribution in [3.63, 3.8) is 0 Å². The van der Waals surface area contributed by atoms with Crippen LogP contribution in [0.2, 0.25) is 0 Å². The van der Waals surface area contributed by atoms with E-state index in [1.807, 2.05) is 0 Å². The van der Waals surface area contributed by atoms with E-state index in [9.17, 15) is 0 Å². The molecule has 0 N–H and O–H groups in total. The molecule has 63 heavy (non-hydrogen) atoms. The van der Waals surface area contributed by atoms with Crippen LogP contribution in [-0.2, 0) is 0 Å². The van der Waals surface area contributed by atoms with Crippen LogP contribution < -0.4 is 0 Å². The molecule has 1 atom stereocenters. The first-order valence-corrected chi connectivity index (χ1v) is 22.2. The molecule has 1 aliphatic carbocycles. The van der Waals surface area contributed by atoms with Gasteiger partial charge in [-0.15, -0.1) is 0 Å². The van der Waals surface area contributed by atoms with E-state index in [1.54, 1.807) is 0 Å². The molecule has 11 aromatic rings. The molecule has 1 aliphatic rings. The van der Waals surface area contributed by atoms with E-state index in [-0.39, 0.29) is 0 Å². The maximum atomic E-state index is 2.44. The van der Waals surface area contributed by atoms with Crippen molar-refractivity contribution in [1.82, 2.24) is 0 Å². The van der Waals surface area contributed by atoms with Gasteiger partial charge < -0.3 is 0 Å². The van der Waals surface area contributed by atoms with Crippen LogP contribution in [0.4, 0.5) is 0 Å². The SMILES string of the molecule is CC1CC=Cc2c1c(-c1ccccc1)c1cc(-c3ccccc3)ccc1c2-c1ccc(-c2c3ccccc3c(-c3ccccc3-c3ccc4ccccc4c3)c3ccccc23)cc1. The average Bonchev–Trinajstić information content (AvgIpc) is 3.35. The van der Waals surface area contributed by atoms with E-state index in [4.69, 9.17) is 0 Å². The molecule has 0 radical (unpaired) electrons. The highest BCUT2D eigenvalue weighted by Crippen LogP contribution is 2.50. The largest absolute Gasteiger partial charge is 0.0833 e. The molecule has 0 aromatic heterocycles. The monoisotopic (exact) mass is 800 g/mol. The Morgan fingerprint density at radius 3 is 1.49 bits per heavy atom. The van der Waals surface area contributed by atoms with Crippen LogP contribution in [0.1, 0.15) is 30.4 Å². The van der Waals surface area contributed by atoms with Gasteiger partial charge in [0.15, 0.2) is 0 Å². The smallest absolute Gasteiger partial charge is 0.00201 e. The Morgan fingerprint density at radius 2 is 0.810 bits per heavy atom. The summed E-state index contributed by atoms with van der Waals surface area (Å²) in [6, 6.07) is 80.9.